The lowest BCUT2D eigenvalue weighted by atomic mass is 9.96. The molecule has 1 atom stereocenters. The van der Waals surface area contributed by atoms with E-state index in [4.69, 9.17) is 0 Å². The van der Waals surface area contributed by atoms with E-state index < -0.39 is 0 Å². The van der Waals surface area contributed by atoms with Crippen LogP contribution in [0.5, 0.6) is 0 Å². The molecule has 1 aromatic rings. The summed E-state index contributed by atoms with van der Waals surface area (Å²) in [6, 6.07) is 0.572. The summed E-state index contributed by atoms with van der Waals surface area (Å²) in [4.78, 5) is 7.15. The van der Waals surface area contributed by atoms with E-state index in [9.17, 15) is 0 Å². The minimum atomic E-state index is 0.0366. The van der Waals surface area contributed by atoms with E-state index in [1.54, 1.807) is 0 Å². The van der Waals surface area contributed by atoms with E-state index in [0.29, 0.717) is 6.04 Å². The van der Waals surface area contributed by atoms with Crippen LogP contribution in [-0.4, -0.2) is 39.9 Å². The third-order valence-corrected chi connectivity index (χ3v) is 4.33. The molecule has 1 fully saturated rings. The summed E-state index contributed by atoms with van der Waals surface area (Å²) in [7, 11) is 0. The number of nitrogens with zero attached hydrogens (tertiary/aromatic N) is 3. The van der Waals surface area contributed by atoms with Crippen molar-refractivity contribution in [3.05, 3.63) is 5.82 Å². The summed E-state index contributed by atoms with van der Waals surface area (Å²) in [6.45, 7) is 12.2. The molecule has 5 heteroatoms. The van der Waals surface area contributed by atoms with Crippen molar-refractivity contribution in [3.8, 4) is 0 Å². The van der Waals surface area contributed by atoms with Crippen molar-refractivity contribution in [3.63, 3.8) is 0 Å². The number of likely N-dealkylation sites (tertiary alicyclic amines) is 1. The van der Waals surface area contributed by atoms with Gasteiger partial charge in [0.05, 0.1) is 0 Å². The van der Waals surface area contributed by atoms with Crippen LogP contribution >= 0.6 is 11.5 Å². The lowest BCUT2D eigenvalue weighted by Crippen LogP contribution is -2.41. The molecule has 0 aliphatic carbocycles. The lowest BCUT2D eigenvalue weighted by Gasteiger charge is -2.32. The highest BCUT2D eigenvalue weighted by molar-refractivity contribution is 7.09. The minimum Gasteiger partial charge on any atom is -0.359 e. The molecule has 0 aromatic carbocycles. The zero-order valence-electron chi connectivity index (χ0n) is 12.6. The summed E-state index contributed by atoms with van der Waals surface area (Å²) in [5, 5.41) is 4.39. The molecular formula is C14H26N4S. The third kappa shape index (κ3) is 4.14. The van der Waals surface area contributed by atoms with E-state index in [1.165, 1.54) is 43.9 Å². The summed E-state index contributed by atoms with van der Waals surface area (Å²) in [5.41, 5.74) is 0.0366. The maximum atomic E-state index is 4.58. The van der Waals surface area contributed by atoms with Crippen molar-refractivity contribution in [1.29, 1.82) is 0 Å². The van der Waals surface area contributed by atoms with Crippen molar-refractivity contribution in [2.24, 2.45) is 0 Å². The number of nitrogens with one attached hydrogen (secondary N) is 1. The van der Waals surface area contributed by atoms with Crippen LogP contribution in [0.4, 0.5) is 5.13 Å². The van der Waals surface area contributed by atoms with E-state index in [2.05, 4.69) is 47.3 Å². The van der Waals surface area contributed by atoms with Gasteiger partial charge in [-0.05, 0) is 32.9 Å². The predicted molar refractivity (Wildman–Crippen MR) is 82.0 cm³/mol. The molecule has 4 nitrogen and oxygen atoms in total. The van der Waals surface area contributed by atoms with Crippen molar-refractivity contribution in [2.75, 3.05) is 25.0 Å². The molecule has 1 aromatic heterocycles. The number of aromatic nitrogens is 2. The Kier molecular flexibility index (Phi) is 4.79. The first kappa shape index (κ1) is 14.7. The van der Waals surface area contributed by atoms with Crippen LogP contribution in [-0.2, 0) is 5.41 Å². The maximum Gasteiger partial charge on any atom is 0.202 e. The van der Waals surface area contributed by atoms with Gasteiger partial charge in [-0.25, -0.2) is 4.98 Å². The monoisotopic (exact) mass is 282 g/mol. The Morgan fingerprint density at radius 1 is 1.26 bits per heavy atom. The molecule has 2 rings (SSSR count). The van der Waals surface area contributed by atoms with E-state index in [0.717, 1.165) is 17.5 Å². The number of hydrogen-bond donors (Lipinski definition) is 1. The first-order valence-corrected chi connectivity index (χ1v) is 8.06. The maximum absolute atomic E-state index is 4.58. The summed E-state index contributed by atoms with van der Waals surface area (Å²) in [5.74, 6) is 0.936. The topological polar surface area (TPSA) is 41.1 Å². The van der Waals surface area contributed by atoms with Gasteiger partial charge in [-0.1, -0.05) is 27.2 Å². The second kappa shape index (κ2) is 6.18. The Morgan fingerprint density at radius 2 is 1.95 bits per heavy atom. The Labute approximate surface area is 120 Å². The number of hydrogen-bond acceptors (Lipinski definition) is 5. The number of piperidine rings is 1. The molecule has 1 saturated heterocycles. The molecule has 108 valence electrons. The van der Waals surface area contributed by atoms with E-state index in [-0.39, 0.29) is 5.41 Å². The first-order valence-electron chi connectivity index (χ1n) is 7.29. The van der Waals surface area contributed by atoms with Gasteiger partial charge in [0.2, 0.25) is 5.13 Å². The van der Waals surface area contributed by atoms with Crippen LogP contribution in [0.25, 0.3) is 0 Å². The van der Waals surface area contributed by atoms with Gasteiger partial charge in [0.25, 0.3) is 0 Å². The second-order valence-corrected chi connectivity index (χ2v) is 7.25. The highest BCUT2D eigenvalue weighted by Crippen LogP contribution is 2.23. The predicted octanol–water partition coefficient (Wildman–Crippen LogP) is 3.12. The second-order valence-electron chi connectivity index (χ2n) is 6.50. The molecule has 1 unspecified atom stereocenters. The standard InChI is InChI=1S/C14H26N4S/c1-11(18-8-6-5-7-9-18)10-15-13-16-12(17-19-13)14(2,3)4/h11H,5-10H2,1-4H3,(H,15,16,17). The molecule has 1 aliphatic heterocycles. The Bertz CT molecular complexity index is 390. The van der Waals surface area contributed by atoms with Crippen LogP contribution in [0.15, 0.2) is 0 Å². The molecule has 2 heterocycles. The van der Waals surface area contributed by atoms with Crippen LogP contribution in [0.3, 0.4) is 0 Å². The average Bonchev–Trinajstić information content (AvgIpc) is 2.86. The van der Waals surface area contributed by atoms with Crippen LogP contribution < -0.4 is 5.32 Å². The Balaban J connectivity index is 1.83. The largest absolute Gasteiger partial charge is 0.359 e. The zero-order valence-corrected chi connectivity index (χ0v) is 13.4. The Morgan fingerprint density at radius 3 is 2.53 bits per heavy atom. The van der Waals surface area contributed by atoms with Crippen LogP contribution in [0.1, 0.15) is 52.8 Å². The lowest BCUT2D eigenvalue weighted by molar-refractivity contribution is 0.180. The van der Waals surface area contributed by atoms with Gasteiger partial charge in [-0.3, -0.25) is 4.90 Å². The third-order valence-electron chi connectivity index (χ3n) is 3.66. The first-order chi connectivity index (χ1) is 8.97. The highest BCUT2D eigenvalue weighted by atomic mass is 32.1. The molecule has 0 bridgehead atoms. The number of rotatable bonds is 4. The van der Waals surface area contributed by atoms with Gasteiger partial charge in [-0.2, -0.15) is 4.37 Å². The smallest absolute Gasteiger partial charge is 0.202 e. The fourth-order valence-electron chi connectivity index (χ4n) is 2.32. The SMILES string of the molecule is CC(CNc1nc(C(C)(C)C)ns1)N1CCCCC1. The van der Waals surface area contributed by atoms with Gasteiger partial charge >= 0.3 is 0 Å². The van der Waals surface area contributed by atoms with Gasteiger partial charge in [0, 0.05) is 29.5 Å². The minimum absolute atomic E-state index is 0.0366. The molecular weight excluding hydrogens is 256 g/mol. The highest BCUT2D eigenvalue weighted by Gasteiger charge is 2.20. The van der Waals surface area contributed by atoms with Gasteiger partial charge in [0.1, 0.15) is 5.82 Å². The fraction of sp³-hybridized carbons (Fsp3) is 0.857. The molecule has 0 amide bonds. The van der Waals surface area contributed by atoms with E-state index in [1.807, 2.05) is 0 Å². The average molecular weight is 282 g/mol. The van der Waals surface area contributed by atoms with Gasteiger partial charge in [0.15, 0.2) is 0 Å². The van der Waals surface area contributed by atoms with Crippen molar-refractivity contribution < 1.29 is 0 Å². The van der Waals surface area contributed by atoms with E-state index >= 15 is 0 Å². The molecule has 19 heavy (non-hydrogen) atoms. The van der Waals surface area contributed by atoms with Crippen molar-refractivity contribution >= 4 is 16.7 Å². The van der Waals surface area contributed by atoms with Gasteiger partial charge < -0.3 is 5.32 Å². The van der Waals surface area contributed by atoms with Crippen molar-refractivity contribution in [2.45, 2.75) is 58.4 Å². The Hall–Kier alpha value is -0.680. The quantitative estimate of drug-likeness (QED) is 0.921. The van der Waals surface area contributed by atoms with Crippen molar-refractivity contribution in [1.82, 2.24) is 14.3 Å². The summed E-state index contributed by atoms with van der Waals surface area (Å²) >= 11 is 1.47. The molecule has 0 saturated carbocycles. The molecule has 0 radical (unpaired) electrons. The number of anilines is 1. The molecule has 0 spiro atoms. The van der Waals surface area contributed by atoms with Crippen LogP contribution in [0.2, 0.25) is 0 Å². The van der Waals surface area contributed by atoms with Gasteiger partial charge in [-0.15, -0.1) is 0 Å². The summed E-state index contributed by atoms with van der Waals surface area (Å²) in [6.07, 6.45) is 4.08. The molecule has 1 aliphatic rings. The zero-order chi connectivity index (χ0) is 13.9. The normalized spacial score (nSPS) is 19.4. The van der Waals surface area contributed by atoms with Crippen LogP contribution in [0, 0.1) is 0 Å². The summed E-state index contributed by atoms with van der Waals surface area (Å²) < 4.78 is 4.43. The molecule has 1 N–H and O–H groups in total. The fourth-order valence-corrected chi connectivity index (χ4v) is 3.09.